The van der Waals surface area contributed by atoms with E-state index in [0.29, 0.717) is 5.92 Å². The van der Waals surface area contributed by atoms with Crippen LogP contribution >= 0.6 is 0 Å². The molecule has 2 rings (SSSR count). The maximum atomic E-state index is 11.1. The van der Waals surface area contributed by atoms with Gasteiger partial charge in [-0.15, -0.1) is 0 Å². The predicted molar refractivity (Wildman–Crippen MR) is 65.1 cm³/mol. The summed E-state index contributed by atoms with van der Waals surface area (Å²) < 4.78 is 0. The molecule has 1 aliphatic heterocycles. The third-order valence-electron chi connectivity index (χ3n) is 3.57. The highest BCUT2D eigenvalue weighted by atomic mass is 16.1. The smallest absolute Gasteiger partial charge is 0.243 e. The SMILES string of the molecule is C=CC(=O)NCC1CCCN(CC2CC2)C1. The molecule has 0 spiro atoms. The highest BCUT2D eigenvalue weighted by molar-refractivity contribution is 5.86. The molecule has 0 aromatic rings. The molecule has 1 saturated carbocycles. The second-order valence-electron chi connectivity index (χ2n) is 5.16. The summed E-state index contributed by atoms with van der Waals surface area (Å²) in [5, 5.41) is 2.91. The Morgan fingerprint density at radius 1 is 1.38 bits per heavy atom. The van der Waals surface area contributed by atoms with Crippen LogP contribution in [0.2, 0.25) is 0 Å². The fraction of sp³-hybridized carbons (Fsp3) is 0.769. The number of nitrogens with zero attached hydrogens (tertiary/aromatic N) is 1. The van der Waals surface area contributed by atoms with Gasteiger partial charge in [-0.1, -0.05) is 6.58 Å². The number of amides is 1. The Hall–Kier alpha value is -0.830. The monoisotopic (exact) mass is 222 g/mol. The number of rotatable bonds is 5. The molecule has 0 aromatic heterocycles. The Kier molecular flexibility index (Phi) is 3.99. The predicted octanol–water partition coefficient (Wildman–Crippen LogP) is 1.41. The van der Waals surface area contributed by atoms with Gasteiger partial charge in [0.25, 0.3) is 0 Å². The highest BCUT2D eigenvalue weighted by Gasteiger charge is 2.27. The van der Waals surface area contributed by atoms with Gasteiger partial charge in [0.1, 0.15) is 0 Å². The van der Waals surface area contributed by atoms with Gasteiger partial charge in [-0.3, -0.25) is 4.79 Å². The fourth-order valence-electron chi connectivity index (χ4n) is 2.47. The Morgan fingerprint density at radius 3 is 2.88 bits per heavy atom. The van der Waals surface area contributed by atoms with Crippen LogP contribution in [-0.4, -0.2) is 37.0 Å². The Bertz CT molecular complexity index is 261. The molecule has 90 valence electrons. The Morgan fingerprint density at radius 2 is 2.19 bits per heavy atom. The van der Waals surface area contributed by atoms with Crippen LogP contribution in [-0.2, 0) is 4.79 Å². The van der Waals surface area contributed by atoms with Crippen molar-refractivity contribution in [2.45, 2.75) is 25.7 Å². The van der Waals surface area contributed by atoms with Gasteiger partial charge in [0.05, 0.1) is 0 Å². The maximum Gasteiger partial charge on any atom is 0.243 e. The van der Waals surface area contributed by atoms with Crippen molar-refractivity contribution in [3.8, 4) is 0 Å². The van der Waals surface area contributed by atoms with Crippen LogP contribution in [0.4, 0.5) is 0 Å². The molecule has 1 N–H and O–H groups in total. The molecule has 1 aliphatic carbocycles. The highest BCUT2D eigenvalue weighted by Crippen LogP contribution is 2.31. The third-order valence-corrected chi connectivity index (χ3v) is 3.57. The molecule has 2 aliphatic rings. The second kappa shape index (κ2) is 5.48. The van der Waals surface area contributed by atoms with Crippen LogP contribution in [0.15, 0.2) is 12.7 Å². The van der Waals surface area contributed by atoms with Crippen molar-refractivity contribution in [3.63, 3.8) is 0 Å². The number of likely N-dealkylation sites (tertiary alicyclic amines) is 1. The minimum absolute atomic E-state index is 0.0423. The van der Waals surface area contributed by atoms with Crippen LogP contribution in [0.25, 0.3) is 0 Å². The number of carbonyl (C=O) groups excluding carboxylic acids is 1. The van der Waals surface area contributed by atoms with E-state index in [1.807, 2.05) is 0 Å². The molecule has 1 unspecified atom stereocenters. The van der Waals surface area contributed by atoms with Crippen molar-refractivity contribution in [3.05, 3.63) is 12.7 Å². The lowest BCUT2D eigenvalue weighted by Crippen LogP contribution is -2.41. The Labute approximate surface area is 97.9 Å². The second-order valence-corrected chi connectivity index (χ2v) is 5.16. The first kappa shape index (κ1) is 11.6. The van der Waals surface area contributed by atoms with E-state index < -0.39 is 0 Å². The van der Waals surface area contributed by atoms with Crippen LogP contribution in [0.5, 0.6) is 0 Å². The third kappa shape index (κ3) is 3.63. The van der Waals surface area contributed by atoms with E-state index in [4.69, 9.17) is 0 Å². The lowest BCUT2D eigenvalue weighted by molar-refractivity contribution is -0.116. The van der Waals surface area contributed by atoms with Gasteiger partial charge in [0.15, 0.2) is 0 Å². The first-order valence-corrected chi connectivity index (χ1v) is 6.40. The van der Waals surface area contributed by atoms with Crippen LogP contribution in [0.1, 0.15) is 25.7 Å². The van der Waals surface area contributed by atoms with Crippen molar-refractivity contribution in [1.29, 1.82) is 0 Å². The van der Waals surface area contributed by atoms with Crippen molar-refractivity contribution < 1.29 is 4.79 Å². The summed E-state index contributed by atoms with van der Waals surface area (Å²) in [6, 6.07) is 0. The van der Waals surface area contributed by atoms with Crippen molar-refractivity contribution in [2.75, 3.05) is 26.2 Å². The molecular formula is C13H22N2O. The molecular weight excluding hydrogens is 200 g/mol. The molecule has 1 atom stereocenters. The number of hydrogen-bond donors (Lipinski definition) is 1. The van der Waals surface area contributed by atoms with Crippen LogP contribution < -0.4 is 5.32 Å². The zero-order valence-corrected chi connectivity index (χ0v) is 9.95. The van der Waals surface area contributed by atoms with E-state index in [1.165, 1.54) is 44.8 Å². The van der Waals surface area contributed by atoms with Crippen molar-refractivity contribution in [1.82, 2.24) is 10.2 Å². The van der Waals surface area contributed by atoms with E-state index in [1.54, 1.807) is 0 Å². The molecule has 16 heavy (non-hydrogen) atoms. The topological polar surface area (TPSA) is 32.3 Å². The summed E-state index contributed by atoms with van der Waals surface area (Å²) in [7, 11) is 0. The minimum Gasteiger partial charge on any atom is -0.352 e. The normalized spacial score (nSPS) is 26.4. The van der Waals surface area contributed by atoms with E-state index in [0.717, 1.165) is 19.0 Å². The zero-order valence-electron chi connectivity index (χ0n) is 9.95. The number of nitrogens with one attached hydrogen (secondary N) is 1. The minimum atomic E-state index is -0.0423. The summed E-state index contributed by atoms with van der Waals surface area (Å²) in [6.07, 6.45) is 6.73. The van der Waals surface area contributed by atoms with E-state index in [9.17, 15) is 4.79 Å². The van der Waals surface area contributed by atoms with E-state index in [2.05, 4.69) is 16.8 Å². The number of hydrogen-bond acceptors (Lipinski definition) is 2. The summed E-state index contributed by atoms with van der Waals surface area (Å²) >= 11 is 0. The fourth-order valence-corrected chi connectivity index (χ4v) is 2.47. The Balaban J connectivity index is 1.68. The lowest BCUT2D eigenvalue weighted by Gasteiger charge is -2.32. The molecule has 0 radical (unpaired) electrons. The first-order valence-electron chi connectivity index (χ1n) is 6.40. The van der Waals surface area contributed by atoms with Crippen LogP contribution in [0, 0.1) is 11.8 Å². The molecule has 1 saturated heterocycles. The first-order chi connectivity index (χ1) is 7.78. The van der Waals surface area contributed by atoms with Crippen LogP contribution in [0.3, 0.4) is 0 Å². The lowest BCUT2D eigenvalue weighted by atomic mass is 9.98. The molecule has 3 heteroatoms. The van der Waals surface area contributed by atoms with Gasteiger partial charge >= 0.3 is 0 Å². The summed E-state index contributed by atoms with van der Waals surface area (Å²) in [6.45, 7) is 7.97. The number of carbonyl (C=O) groups is 1. The number of piperidine rings is 1. The average molecular weight is 222 g/mol. The molecule has 2 fully saturated rings. The van der Waals surface area contributed by atoms with Gasteiger partial charge in [0.2, 0.25) is 5.91 Å². The van der Waals surface area contributed by atoms with Gasteiger partial charge in [-0.2, -0.15) is 0 Å². The van der Waals surface area contributed by atoms with Crippen molar-refractivity contribution in [2.24, 2.45) is 11.8 Å². The molecule has 0 aromatic carbocycles. The average Bonchev–Trinajstić information content (AvgIpc) is 3.10. The molecule has 1 amide bonds. The summed E-state index contributed by atoms with van der Waals surface area (Å²) in [5.74, 6) is 1.57. The molecule has 1 heterocycles. The molecule has 3 nitrogen and oxygen atoms in total. The van der Waals surface area contributed by atoms with Gasteiger partial charge in [0, 0.05) is 19.6 Å². The van der Waals surface area contributed by atoms with E-state index in [-0.39, 0.29) is 5.91 Å². The van der Waals surface area contributed by atoms with Gasteiger partial charge < -0.3 is 10.2 Å². The zero-order chi connectivity index (χ0) is 11.4. The van der Waals surface area contributed by atoms with Gasteiger partial charge in [-0.05, 0) is 50.1 Å². The van der Waals surface area contributed by atoms with E-state index >= 15 is 0 Å². The summed E-state index contributed by atoms with van der Waals surface area (Å²) in [5.41, 5.74) is 0. The quantitative estimate of drug-likeness (QED) is 0.713. The largest absolute Gasteiger partial charge is 0.352 e. The summed E-state index contributed by atoms with van der Waals surface area (Å²) in [4.78, 5) is 13.7. The maximum absolute atomic E-state index is 11.1. The standard InChI is InChI=1S/C13H22N2O/c1-2-13(16)14-8-12-4-3-7-15(10-12)9-11-5-6-11/h2,11-12H,1,3-10H2,(H,14,16). The van der Waals surface area contributed by atoms with Gasteiger partial charge in [-0.25, -0.2) is 0 Å². The van der Waals surface area contributed by atoms with Crippen molar-refractivity contribution >= 4 is 5.91 Å². The molecule has 0 bridgehead atoms.